The zero-order valence-corrected chi connectivity index (χ0v) is 7.26. The summed E-state index contributed by atoms with van der Waals surface area (Å²) in [6, 6.07) is 0. The average molecular weight is 161 g/mol. The van der Waals surface area contributed by atoms with Gasteiger partial charge in [0.15, 0.2) is 0 Å². The second kappa shape index (κ2) is 2.30. The normalized spacial score (nSPS) is 14.3. The van der Waals surface area contributed by atoms with Gasteiger partial charge in [-0.25, -0.2) is 9.97 Å². The smallest absolute Gasteiger partial charge is 0.134 e. The molecule has 1 aliphatic carbocycles. The summed E-state index contributed by atoms with van der Waals surface area (Å²) in [5.41, 5.74) is 9.08. The Morgan fingerprint density at radius 1 is 1.33 bits per heavy atom. The number of rotatable bonds is 0. The molecule has 0 bridgehead atoms. The highest BCUT2D eigenvalue weighted by Crippen LogP contribution is 2.28. The van der Waals surface area contributed by atoms with Crippen LogP contribution < -0.4 is 5.73 Å². The molecule has 0 spiro atoms. The van der Waals surface area contributed by atoms with Gasteiger partial charge in [-0.2, -0.15) is 0 Å². The van der Waals surface area contributed by atoms with Gasteiger partial charge in [0.05, 0.1) is 5.69 Å². The molecule has 0 aromatic carbocycles. The summed E-state index contributed by atoms with van der Waals surface area (Å²) in [6.45, 7) is 3.91. The fraction of sp³-hybridized carbons (Fsp3) is 0.333. The van der Waals surface area contributed by atoms with Crippen LogP contribution in [0.15, 0.2) is 6.08 Å². The number of nitrogens with zero attached hydrogens (tertiary/aromatic N) is 2. The SMILES string of the molecule is CC1=CCc2nc(C)nc(N)c21. The molecule has 3 nitrogen and oxygen atoms in total. The first-order chi connectivity index (χ1) is 5.68. The Kier molecular flexibility index (Phi) is 1.40. The van der Waals surface area contributed by atoms with Crippen molar-refractivity contribution in [2.45, 2.75) is 20.3 Å². The van der Waals surface area contributed by atoms with E-state index in [4.69, 9.17) is 5.73 Å². The van der Waals surface area contributed by atoms with E-state index in [0.717, 1.165) is 23.5 Å². The summed E-state index contributed by atoms with van der Waals surface area (Å²) in [5.74, 6) is 1.37. The van der Waals surface area contributed by atoms with Crippen LogP contribution in [0.3, 0.4) is 0 Å². The fourth-order valence-electron chi connectivity index (χ4n) is 1.58. The first-order valence-corrected chi connectivity index (χ1v) is 3.98. The van der Waals surface area contributed by atoms with Crippen LogP contribution in [0, 0.1) is 6.92 Å². The van der Waals surface area contributed by atoms with Gasteiger partial charge in [-0.05, 0) is 19.4 Å². The van der Waals surface area contributed by atoms with Crippen LogP contribution in [-0.2, 0) is 6.42 Å². The highest BCUT2D eigenvalue weighted by Gasteiger charge is 2.16. The monoisotopic (exact) mass is 161 g/mol. The topological polar surface area (TPSA) is 51.8 Å². The molecule has 12 heavy (non-hydrogen) atoms. The Morgan fingerprint density at radius 2 is 2.08 bits per heavy atom. The van der Waals surface area contributed by atoms with E-state index in [1.54, 1.807) is 0 Å². The number of aromatic nitrogens is 2. The van der Waals surface area contributed by atoms with Gasteiger partial charge in [-0.15, -0.1) is 0 Å². The molecule has 1 aromatic rings. The van der Waals surface area contributed by atoms with Crippen LogP contribution in [0.25, 0.3) is 5.57 Å². The van der Waals surface area contributed by atoms with Crippen LogP contribution >= 0.6 is 0 Å². The number of nitrogen functional groups attached to an aromatic ring is 1. The van der Waals surface area contributed by atoms with Gasteiger partial charge in [0.1, 0.15) is 11.6 Å². The summed E-state index contributed by atoms with van der Waals surface area (Å²) in [5, 5.41) is 0. The molecule has 2 N–H and O–H groups in total. The molecule has 0 saturated carbocycles. The van der Waals surface area contributed by atoms with Crippen LogP contribution in [-0.4, -0.2) is 9.97 Å². The van der Waals surface area contributed by atoms with Gasteiger partial charge in [0, 0.05) is 12.0 Å². The van der Waals surface area contributed by atoms with E-state index >= 15 is 0 Å². The van der Waals surface area contributed by atoms with Gasteiger partial charge >= 0.3 is 0 Å². The molecule has 2 rings (SSSR count). The maximum absolute atomic E-state index is 5.77. The molecule has 0 saturated heterocycles. The fourth-order valence-corrected chi connectivity index (χ4v) is 1.58. The zero-order chi connectivity index (χ0) is 8.72. The van der Waals surface area contributed by atoms with E-state index in [9.17, 15) is 0 Å². The third-order valence-electron chi connectivity index (χ3n) is 2.12. The number of aryl methyl sites for hydroxylation is 1. The Morgan fingerprint density at radius 3 is 2.83 bits per heavy atom. The molecule has 1 aromatic heterocycles. The second-order valence-electron chi connectivity index (χ2n) is 3.07. The predicted molar refractivity (Wildman–Crippen MR) is 48.5 cm³/mol. The summed E-state index contributed by atoms with van der Waals surface area (Å²) >= 11 is 0. The van der Waals surface area contributed by atoms with E-state index < -0.39 is 0 Å². The van der Waals surface area contributed by atoms with Crippen molar-refractivity contribution in [1.29, 1.82) is 0 Å². The number of hydrogen-bond acceptors (Lipinski definition) is 3. The van der Waals surface area contributed by atoms with E-state index in [2.05, 4.69) is 16.0 Å². The summed E-state index contributed by atoms with van der Waals surface area (Å²) < 4.78 is 0. The van der Waals surface area contributed by atoms with Crippen molar-refractivity contribution >= 4 is 11.4 Å². The van der Waals surface area contributed by atoms with Crippen molar-refractivity contribution in [2.24, 2.45) is 0 Å². The van der Waals surface area contributed by atoms with Crippen molar-refractivity contribution in [2.75, 3.05) is 5.73 Å². The van der Waals surface area contributed by atoms with Gasteiger partial charge < -0.3 is 5.73 Å². The molecule has 0 fully saturated rings. The Balaban J connectivity index is 2.67. The number of nitrogens with two attached hydrogens (primary N) is 1. The number of fused-ring (bicyclic) bond motifs is 1. The maximum Gasteiger partial charge on any atom is 0.134 e. The van der Waals surface area contributed by atoms with E-state index in [0.29, 0.717) is 5.82 Å². The standard InChI is InChI=1S/C9H11N3/c1-5-3-4-7-8(5)9(10)12-6(2)11-7/h3H,4H2,1-2H3,(H2,10,11,12). The number of anilines is 1. The van der Waals surface area contributed by atoms with Gasteiger partial charge in [0.25, 0.3) is 0 Å². The van der Waals surface area contributed by atoms with Gasteiger partial charge in [0.2, 0.25) is 0 Å². The van der Waals surface area contributed by atoms with Crippen molar-refractivity contribution in [3.05, 3.63) is 23.2 Å². The van der Waals surface area contributed by atoms with Gasteiger partial charge in [-0.1, -0.05) is 6.08 Å². The highest BCUT2D eigenvalue weighted by molar-refractivity contribution is 5.77. The van der Waals surface area contributed by atoms with Crippen molar-refractivity contribution in [3.8, 4) is 0 Å². The summed E-state index contributed by atoms with van der Waals surface area (Å²) in [6.07, 6.45) is 3.03. The Bertz CT molecular complexity index is 366. The summed E-state index contributed by atoms with van der Waals surface area (Å²) in [4.78, 5) is 8.44. The molecular weight excluding hydrogens is 150 g/mol. The summed E-state index contributed by atoms with van der Waals surface area (Å²) in [7, 11) is 0. The molecule has 0 unspecified atom stereocenters. The first-order valence-electron chi connectivity index (χ1n) is 3.98. The largest absolute Gasteiger partial charge is 0.383 e. The molecule has 0 atom stereocenters. The van der Waals surface area contributed by atoms with Crippen LogP contribution in [0.1, 0.15) is 24.0 Å². The third-order valence-corrected chi connectivity index (χ3v) is 2.12. The highest BCUT2D eigenvalue weighted by atomic mass is 14.9. The molecule has 62 valence electrons. The lowest BCUT2D eigenvalue weighted by atomic mass is 10.1. The molecule has 0 radical (unpaired) electrons. The van der Waals surface area contributed by atoms with Crippen LogP contribution in [0.5, 0.6) is 0 Å². The lowest BCUT2D eigenvalue weighted by Gasteiger charge is -2.04. The predicted octanol–water partition coefficient (Wildman–Crippen LogP) is 1.33. The molecule has 1 aliphatic rings. The minimum Gasteiger partial charge on any atom is -0.383 e. The van der Waals surface area contributed by atoms with E-state index in [-0.39, 0.29) is 0 Å². The number of allylic oxidation sites excluding steroid dienone is 2. The van der Waals surface area contributed by atoms with Crippen molar-refractivity contribution in [3.63, 3.8) is 0 Å². The number of hydrogen-bond donors (Lipinski definition) is 1. The second-order valence-corrected chi connectivity index (χ2v) is 3.07. The zero-order valence-electron chi connectivity index (χ0n) is 7.26. The maximum atomic E-state index is 5.77. The van der Waals surface area contributed by atoms with Crippen LogP contribution in [0.2, 0.25) is 0 Å². The average Bonchev–Trinajstić information content (AvgIpc) is 2.31. The lowest BCUT2D eigenvalue weighted by molar-refractivity contribution is 0.993. The first kappa shape index (κ1) is 7.28. The minimum atomic E-state index is 0.615. The minimum absolute atomic E-state index is 0.615. The van der Waals surface area contributed by atoms with Crippen molar-refractivity contribution < 1.29 is 0 Å². The van der Waals surface area contributed by atoms with Crippen molar-refractivity contribution in [1.82, 2.24) is 9.97 Å². The molecular formula is C9H11N3. The van der Waals surface area contributed by atoms with E-state index in [1.807, 2.05) is 13.8 Å². The Hall–Kier alpha value is -1.38. The van der Waals surface area contributed by atoms with Crippen LogP contribution in [0.4, 0.5) is 5.82 Å². The molecule has 0 aliphatic heterocycles. The Labute approximate surface area is 71.3 Å². The lowest BCUT2D eigenvalue weighted by Crippen LogP contribution is -2.02. The van der Waals surface area contributed by atoms with Gasteiger partial charge in [-0.3, -0.25) is 0 Å². The quantitative estimate of drug-likeness (QED) is 0.624. The molecule has 3 heteroatoms. The molecule has 1 heterocycles. The van der Waals surface area contributed by atoms with E-state index in [1.165, 1.54) is 5.57 Å². The third kappa shape index (κ3) is 0.897. The molecule has 0 amide bonds.